The van der Waals surface area contributed by atoms with Crippen molar-refractivity contribution >= 4 is 38.6 Å². The molecule has 0 fully saturated rings. The molecule has 0 aliphatic heterocycles. The van der Waals surface area contributed by atoms with E-state index in [0.29, 0.717) is 0 Å². The van der Waals surface area contributed by atoms with Crippen molar-refractivity contribution < 1.29 is 0 Å². The van der Waals surface area contributed by atoms with Gasteiger partial charge in [0.25, 0.3) is 0 Å². The van der Waals surface area contributed by atoms with Gasteiger partial charge in [0.05, 0.1) is 5.69 Å². The van der Waals surface area contributed by atoms with Gasteiger partial charge in [0.15, 0.2) is 0 Å². The first-order valence-corrected chi connectivity index (χ1v) is 25.9. The number of anilines is 3. The van der Waals surface area contributed by atoms with E-state index in [1.54, 1.807) is 0 Å². The van der Waals surface area contributed by atoms with Crippen LogP contribution in [-0.4, -0.2) is 0 Å². The lowest BCUT2D eigenvalue weighted by Crippen LogP contribution is -2.22. The first-order chi connectivity index (χ1) is 35.3. The molecule has 0 saturated carbocycles. The number of rotatable bonds is 8. The predicted octanol–water partition coefficient (Wildman–Crippen LogP) is 20.1. The van der Waals surface area contributed by atoms with Crippen molar-refractivity contribution in [3.63, 3.8) is 0 Å². The highest BCUT2D eigenvalue weighted by Gasteiger charge is 2.40. The molecule has 11 aromatic carbocycles. The first kappa shape index (κ1) is 45.9. The van der Waals surface area contributed by atoms with Crippen LogP contribution < -0.4 is 4.90 Å². The molecule has 1 atom stereocenters. The van der Waals surface area contributed by atoms with E-state index in [0.717, 1.165) is 17.1 Å². The Hall–Kier alpha value is -8.26. The molecule has 0 bridgehead atoms. The molecular formula is C72H61N. The fourth-order valence-corrected chi connectivity index (χ4v) is 11.5. The van der Waals surface area contributed by atoms with Crippen LogP contribution in [0.5, 0.6) is 0 Å². The van der Waals surface area contributed by atoms with E-state index in [4.69, 9.17) is 0 Å². The van der Waals surface area contributed by atoms with E-state index < -0.39 is 0 Å². The van der Waals surface area contributed by atoms with Gasteiger partial charge in [-0.3, -0.25) is 0 Å². The Morgan fingerprint density at radius 1 is 0.315 bits per heavy atom. The van der Waals surface area contributed by atoms with Crippen molar-refractivity contribution in [2.24, 2.45) is 0 Å². The maximum atomic E-state index is 2.45. The number of benzene rings is 11. The summed E-state index contributed by atoms with van der Waals surface area (Å²) in [7, 11) is 0. The van der Waals surface area contributed by atoms with Crippen LogP contribution in [-0.2, 0) is 16.2 Å². The van der Waals surface area contributed by atoms with Crippen molar-refractivity contribution in [1.29, 1.82) is 0 Å². The van der Waals surface area contributed by atoms with Gasteiger partial charge in [0, 0.05) is 22.4 Å². The van der Waals surface area contributed by atoms with Gasteiger partial charge in [-0.05, 0) is 160 Å². The summed E-state index contributed by atoms with van der Waals surface area (Å²) in [6.45, 7) is 16.3. The highest BCUT2D eigenvalue weighted by atomic mass is 15.1. The lowest BCUT2D eigenvalue weighted by molar-refractivity contribution is 0.569. The summed E-state index contributed by atoms with van der Waals surface area (Å²) in [6, 6.07) is 90.7. The molecular weight excluding hydrogens is 879 g/mol. The molecule has 12 rings (SSSR count). The van der Waals surface area contributed by atoms with Crippen molar-refractivity contribution in [2.75, 3.05) is 4.90 Å². The van der Waals surface area contributed by atoms with Gasteiger partial charge >= 0.3 is 0 Å². The number of hydrogen-bond acceptors (Lipinski definition) is 1. The Kier molecular flexibility index (Phi) is 11.2. The third-order valence-corrected chi connectivity index (χ3v) is 15.6. The summed E-state index contributed by atoms with van der Waals surface area (Å²) < 4.78 is 0. The quantitative estimate of drug-likeness (QED) is 0.147. The Morgan fingerprint density at radius 3 is 1.47 bits per heavy atom. The van der Waals surface area contributed by atoms with Gasteiger partial charge in [-0.2, -0.15) is 0 Å². The molecule has 0 N–H and O–H groups in total. The number of hydrogen-bond donors (Lipinski definition) is 0. The molecule has 73 heavy (non-hydrogen) atoms. The SMILES string of the molecule is CC(C)(C)c1cc(-c2cccc3cccc(-c4ccccc4N(c4ccc(-c5ccc6c(c5)C(C)(c5ccccc5)c5ccccc5-6)cc4)c4ccc(-c5ccc6ccccc6c5)cc4)c23)cc(C(C)(C)C)c1. The first-order valence-electron chi connectivity index (χ1n) is 25.9. The van der Waals surface area contributed by atoms with Crippen molar-refractivity contribution in [3.05, 3.63) is 270 Å². The maximum absolute atomic E-state index is 2.45. The van der Waals surface area contributed by atoms with E-state index in [1.807, 2.05) is 0 Å². The summed E-state index contributed by atoms with van der Waals surface area (Å²) in [5, 5.41) is 4.97. The van der Waals surface area contributed by atoms with Crippen LogP contribution in [0.2, 0.25) is 0 Å². The number of nitrogens with zero attached hydrogens (tertiary/aromatic N) is 1. The van der Waals surface area contributed by atoms with Gasteiger partial charge in [-0.25, -0.2) is 0 Å². The molecule has 1 nitrogen and oxygen atoms in total. The minimum atomic E-state index is -0.269. The van der Waals surface area contributed by atoms with E-state index in [9.17, 15) is 0 Å². The Labute approximate surface area is 432 Å². The molecule has 1 aliphatic rings. The highest BCUT2D eigenvalue weighted by molar-refractivity contribution is 6.09. The topological polar surface area (TPSA) is 3.24 Å². The molecule has 1 heteroatoms. The Morgan fingerprint density at radius 2 is 0.808 bits per heavy atom. The second kappa shape index (κ2) is 17.8. The monoisotopic (exact) mass is 939 g/mol. The smallest absolute Gasteiger partial charge is 0.0540 e. The van der Waals surface area contributed by atoms with Gasteiger partial charge in [-0.15, -0.1) is 0 Å². The molecule has 354 valence electrons. The number of para-hydroxylation sites is 1. The maximum Gasteiger partial charge on any atom is 0.0540 e. The van der Waals surface area contributed by atoms with Crippen molar-refractivity contribution in [1.82, 2.24) is 0 Å². The van der Waals surface area contributed by atoms with E-state index >= 15 is 0 Å². The lowest BCUT2D eigenvalue weighted by atomic mass is 9.74. The second-order valence-corrected chi connectivity index (χ2v) is 22.3. The van der Waals surface area contributed by atoms with Crippen LogP contribution >= 0.6 is 0 Å². The molecule has 1 aliphatic carbocycles. The van der Waals surface area contributed by atoms with Crippen LogP contribution in [0.1, 0.15) is 76.3 Å². The van der Waals surface area contributed by atoms with Gasteiger partial charge in [0.2, 0.25) is 0 Å². The summed E-state index contributed by atoms with van der Waals surface area (Å²) in [6.07, 6.45) is 0. The summed E-state index contributed by atoms with van der Waals surface area (Å²) >= 11 is 0. The molecule has 0 saturated heterocycles. The van der Waals surface area contributed by atoms with Gasteiger partial charge in [-0.1, -0.05) is 242 Å². The van der Waals surface area contributed by atoms with Crippen LogP contribution in [0.25, 0.3) is 77.2 Å². The lowest BCUT2D eigenvalue weighted by Gasteiger charge is -2.29. The predicted molar refractivity (Wildman–Crippen MR) is 313 cm³/mol. The molecule has 0 aromatic heterocycles. The highest BCUT2D eigenvalue weighted by Crippen LogP contribution is 2.53. The standard InChI is InChI=1S/C72H61N/c1-70(2,3)57-44-55(45-58(47-57)71(4,5)6)61-27-17-21-51-22-18-28-65(69(51)61)64-26-14-16-30-68(64)73(59-38-33-49(34-39-59)53-32-31-48-19-11-12-20-52(48)43-53)60-40-35-50(36-41-60)54-37-42-63-62-25-13-15-29-66(62)72(7,67(63)46-54)56-23-9-8-10-24-56/h8-47H,1-7H3. The third kappa shape index (κ3) is 8.14. The van der Waals surface area contributed by atoms with Crippen LogP contribution in [0.15, 0.2) is 243 Å². The zero-order valence-electron chi connectivity index (χ0n) is 43.0. The molecule has 0 heterocycles. The van der Waals surface area contributed by atoms with E-state index in [1.165, 1.54) is 105 Å². The Bertz CT molecular complexity index is 3830. The molecule has 11 aromatic rings. The van der Waals surface area contributed by atoms with Gasteiger partial charge < -0.3 is 4.90 Å². The minimum absolute atomic E-state index is 0.00886. The Balaban J connectivity index is 1.01. The largest absolute Gasteiger partial charge is 0.310 e. The van der Waals surface area contributed by atoms with Gasteiger partial charge in [0.1, 0.15) is 0 Å². The fourth-order valence-electron chi connectivity index (χ4n) is 11.5. The molecule has 0 radical (unpaired) electrons. The third-order valence-electron chi connectivity index (χ3n) is 15.6. The second-order valence-electron chi connectivity index (χ2n) is 22.3. The van der Waals surface area contributed by atoms with Crippen LogP contribution in [0.4, 0.5) is 17.1 Å². The van der Waals surface area contributed by atoms with E-state index in [2.05, 4.69) is 296 Å². The molecule has 0 amide bonds. The molecule has 1 unspecified atom stereocenters. The van der Waals surface area contributed by atoms with Crippen molar-refractivity contribution in [3.8, 4) is 55.6 Å². The van der Waals surface area contributed by atoms with E-state index in [-0.39, 0.29) is 16.2 Å². The fraction of sp³-hybridized carbons (Fsp3) is 0.139. The minimum Gasteiger partial charge on any atom is -0.310 e. The summed E-state index contributed by atoms with van der Waals surface area (Å²) in [5.74, 6) is 0. The zero-order valence-corrected chi connectivity index (χ0v) is 43.0. The average Bonchev–Trinajstić information content (AvgIpc) is 3.69. The zero-order chi connectivity index (χ0) is 50.1. The summed E-state index contributed by atoms with van der Waals surface area (Å²) in [4.78, 5) is 2.45. The van der Waals surface area contributed by atoms with Crippen molar-refractivity contribution in [2.45, 2.75) is 64.7 Å². The average molecular weight is 940 g/mol. The van der Waals surface area contributed by atoms with Crippen LogP contribution in [0, 0.1) is 0 Å². The van der Waals surface area contributed by atoms with Crippen LogP contribution in [0.3, 0.4) is 0 Å². The summed E-state index contributed by atoms with van der Waals surface area (Å²) in [5.41, 5.74) is 22.0. The number of fused-ring (bicyclic) bond motifs is 5. The molecule has 0 spiro atoms. The normalized spacial score (nSPS) is 14.3.